The van der Waals surface area contributed by atoms with Crippen molar-refractivity contribution in [2.24, 2.45) is 0 Å². The monoisotopic (exact) mass is 216 g/mol. The number of nitrogens with zero attached hydrogens (tertiary/aromatic N) is 1. The second kappa shape index (κ2) is 6.41. The number of rotatable bonds is 2. The Kier molecular flexibility index (Phi) is 5.53. The number of ether oxygens (including phenoxy) is 1. The number of anilines is 1. The van der Waals surface area contributed by atoms with E-state index in [0.717, 1.165) is 6.39 Å². The zero-order chi connectivity index (χ0) is 11.8. The van der Waals surface area contributed by atoms with Gasteiger partial charge in [-0.2, -0.15) is 0 Å². The Morgan fingerprint density at radius 2 is 2.27 bits per heavy atom. The molecular formula is C8H12N2O5. The second-order valence-electron chi connectivity index (χ2n) is 2.29. The number of carboxylic acid groups (broad SMARTS) is 1. The molecule has 0 fully saturated rings. The Labute approximate surface area is 85.8 Å². The lowest BCUT2D eigenvalue weighted by Crippen LogP contribution is -2.00. The van der Waals surface area contributed by atoms with Crippen LogP contribution in [-0.4, -0.2) is 28.6 Å². The molecule has 7 nitrogen and oxygen atoms in total. The number of carbonyl (C=O) groups is 2. The van der Waals surface area contributed by atoms with Gasteiger partial charge in [0, 0.05) is 6.92 Å². The molecule has 1 heterocycles. The molecule has 0 amide bonds. The highest BCUT2D eigenvalue weighted by molar-refractivity contribution is 5.89. The predicted octanol–water partition coefficient (Wildman–Crippen LogP) is 0.524. The summed E-state index contributed by atoms with van der Waals surface area (Å²) in [6.45, 7) is 3.65. The molecule has 0 aliphatic heterocycles. The average molecular weight is 216 g/mol. The summed E-state index contributed by atoms with van der Waals surface area (Å²) in [5.41, 5.74) is 4.79. The number of hydrogen-bond donors (Lipinski definition) is 2. The van der Waals surface area contributed by atoms with Crippen molar-refractivity contribution in [3.63, 3.8) is 0 Å². The Hall–Kier alpha value is -2.05. The first-order chi connectivity index (χ1) is 6.99. The first kappa shape index (κ1) is 12.9. The summed E-state index contributed by atoms with van der Waals surface area (Å²) < 4.78 is 8.81. The van der Waals surface area contributed by atoms with Gasteiger partial charge in [-0.3, -0.25) is 4.79 Å². The molecule has 7 heteroatoms. The van der Waals surface area contributed by atoms with Crippen molar-refractivity contribution in [3.8, 4) is 0 Å². The van der Waals surface area contributed by atoms with Gasteiger partial charge in [-0.05, 0) is 6.92 Å². The van der Waals surface area contributed by atoms with Crippen molar-refractivity contribution in [3.05, 3.63) is 12.1 Å². The van der Waals surface area contributed by atoms with Gasteiger partial charge in [-0.1, -0.05) is 0 Å². The standard InChI is InChI=1S/C4H4N2O3.C4H8O2/c5-3-2(4(7)8)6-1-9-3;1-3-6-4(2)5/h1H,5H2,(H,7,8);3H2,1-2H3. The second-order valence-corrected chi connectivity index (χ2v) is 2.29. The van der Waals surface area contributed by atoms with Gasteiger partial charge < -0.3 is 20.0 Å². The van der Waals surface area contributed by atoms with Crippen molar-refractivity contribution in [1.29, 1.82) is 0 Å². The van der Waals surface area contributed by atoms with Crippen molar-refractivity contribution in [1.82, 2.24) is 4.98 Å². The molecule has 0 saturated carbocycles. The van der Waals surface area contributed by atoms with E-state index in [9.17, 15) is 9.59 Å². The van der Waals surface area contributed by atoms with E-state index in [0.29, 0.717) is 6.61 Å². The van der Waals surface area contributed by atoms with Gasteiger partial charge in [0.25, 0.3) is 0 Å². The third-order valence-corrected chi connectivity index (χ3v) is 1.15. The highest BCUT2D eigenvalue weighted by atomic mass is 16.5. The molecule has 0 aromatic carbocycles. The first-order valence-corrected chi connectivity index (χ1v) is 4.04. The molecular weight excluding hydrogens is 204 g/mol. The van der Waals surface area contributed by atoms with Crippen molar-refractivity contribution < 1.29 is 23.8 Å². The number of carbonyl (C=O) groups excluding carboxylic acids is 1. The largest absolute Gasteiger partial charge is 0.476 e. The quantitative estimate of drug-likeness (QED) is 0.692. The molecule has 0 saturated heterocycles. The SMILES string of the molecule is CCOC(C)=O.Nc1ocnc1C(=O)O. The van der Waals surface area contributed by atoms with Gasteiger partial charge >= 0.3 is 11.9 Å². The number of aromatic nitrogens is 1. The lowest BCUT2D eigenvalue weighted by Gasteiger charge is -1.89. The van der Waals surface area contributed by atoms with E-state index >= 15 is 0 Å². The van der Waals surface area contributed by atoms with E-state index in [1.807, 2.05) is 0 Å². The smallest absolute Gasteiger partial charge is 0.360 e. The third-order valence-electron chi connectivity index (χ3n) is 1.15. The van der Waals surface area contributed by atoms with Gasteiger partial charge in [0.1, 0.15) is 0 Å². The van der Waals surface area contributed by atoms with Crippen LogP contribution in [0.15, 0.2) is 10.8 Å². The maximum Gasteiger partial charge on any atom is 0.360 e. The van der Waals surface area contributed by atoms with Crippen LogP contribution in [0.5, 0.6) is 0 Å². The van der Waals surface area contributed by atoms with Crippen LogP contribution in [0.2, 0.25) is 0 Å². The molecule has 0 atom stereocenters. The van der Waals surface area contributed by atoms with Crippen LogP contribution >= 0.6 is 0 Å². The van der Waals surface area contributed by atoms with Gasteiger partial charge in [0.05, 0.1) is 6.61 Å². The van der Waals surface area contributed by atoms with E-state index in [4.69, 9.17) is 10.8 Å². The summed E-state index contributed by atoms with van der Waals surface area (Å²) in [5.74, 6) is -1.55. The van der Waals surface area contributed by atoms with E-state index in [1.165, 1.54) is 6.92 Å². The van der Waals surface area contributed by atoms with E-state index in [-0.39, 0.29) is 17.5 Å². The highest BCUT2D eigenvalue weighted by Crippen LogP contribution is 2.06. The third kappa shape index (κ3) is 5.29. The molecule has 0 aliphatic rings. The van der Waals surface area contributed by atoms with E-state index in [2.05, 4.69) is 14.1 Å². The molecule has 1 aromatic heterocycles. The van der Waals surface area contributed by atoms with Crippen molar-refractivity contribution in [2.45, 2.75) is 13.8 Å². The van der Waals surface area contributed by atoms with Crippen LogP contribution in [0.1, 0.15) is 24.3 Å². The number of hydrogen-bond acceptors (Lipinski definition) is 6. The minimum absolute atomic E-state index is 0.164. The van der Waals surface area contributed by atoms with Crippen molar-refractivity contribution in [2.75, 3.05) is 12.3 Å². The Morgan fingerprint density at radius 1 is 1.67 bits per heavy atom. The Bertz CT molecular complexity index is 334. The number of aromatic carboxylic acids is 1. The highest BCUT2D eigenvalue weighted by Gasteiger charge is 2.10. The van der Waals surface area contributed by atoms with Crippen LogP contribution < -0.4 is 5.73 Å². The van der Waals surface area contributed by atoms with Crippen molar-refractivity contribution >= 4 is 17.8 Å². The minimum atomic E-state index is -1.18. The normalized spacial score (nSPS) is 8.67. The zero-order valence-corrected chi connectivity index (χ0v) is 8.39. The fourth-order valence-corrected chi connectivity index (χ4v) is 0.619. The topological polar surface area (TPSA) is 116 Å². The molecule has 0 spiro atoms. The number of nitrogen functional groups attached to an aromatic ring is 1. The van der Waals surface area contributed by atoms with Gasteiger partial charge in [0.2, 0.25) is 11.6 Å². The van der Waals surface area contributed by atoms with Crippen LogP contribution in [0.4, 0.5) is 5.88 Å². The summed E-state index contributed by atoms with van der Waals surface area (Å²) in [5, 5.41) is 8.25. The number of carboxylic acids is 1. The Balaban J connectivity index is 0.000000288. The van der Waals surface area contributed by atoms with Gasteiger partial charge in [-0.25, -0.2) is 9.78 Å². The molecule has 0 unspecified atom stereocenters. The summed E-state index contributed by atoms with van der Waals surface area (Å²) in [7, 11) is 0. The van der Waals surface area contributed by atoms with Crippen LogP contribution in [-0.2, 0) is 9.53 Å². The zero-order valence-electron chi connectivity index (χ0n) is 8.39. The minimum Gasteiger partial charge on any atom is -0.476 e. The average Bonchev–Trinajstić information content (AvgIpc) is 2.52. The number of oxazole rings is 1. The predicted molar refractivity (Wildman–Crippen MR) is 50.2 cm³/mol. The summed E-state index contributed by atoms with van der Waals surface area (Å²) in [6.07, 6.45) is 0.985. The lowest BCUT2D eigenvalue weighted by molar-refractivity contribution is -0.140. The molecule has 0 aliphatic carbocycles. The Morgan fingerprint density at radius 3 is 2.40 bits per heavy atom. The summed E-state index contributed by atoms with van der Waals surface area (Å²) in [6, 6.07) is 0. The number of nitrogens with two attached hydrogens (primary N) is 1. The van der Waals surface area contributed by atoms with E-state index < -0.39 is 5.97 Å². The van der Waals surface area contributed by atoms with Gasteiger partial charge in [0.15, 0.2) is 6.39 Å². The first-order valence-electron chi connectivity index (χ1n) is 4.04. The lowest BCUT2D eigenvalue weighted by atomic mass is 10.5. The molecule has 3 N–H and O–H groups in total. The molecule has 1 aromatic rings. The maximum absolute atomic E-state index is 10.1. The molecule has 0 radical (unpaired) electrons. The molecule has 1 rings (SSSR count). The molecule has 0 bridgehead atoms. The van der Waals surface area contributed by atoms with Crippen LogP contribution in [0.3, 0.4) is 0 Å². The maximum atomic E-state index is 10.1. The van der Waals surface area contributed by atoms with Gasteiger partial charge in [-0.15, -0.1) is 0 Å². The fourth-order valence-electron chi connectivity index (χ4n) is 0.619. The van der Waals surface area contributed by atoms with E-state index in [1.54, 1.807) is 6.92 Å². The summed E-state index contributed by atoms with van der Waals surface area (Å²) in [4.78, 5) is 23.2. The molecule has 84 valence electrons. The summed E-state index contributed by atoms with van der Waals surface area (Å²) >= 11 is 0. The number of esters is 1. The fraction of sp³-hybridized carbons (Fsp3) is 0.375. The van der Waals surface area contributed by atoms with Crippen LogP contribution in [0.25, 0.3) is 0 Å². The van der Waals surface area contributed by atoms with Crippen LogP contribution in [0, 0.1) is 0 Å². The molecule has 15 heavy (non-hydrogen) atoms.